The molecule has 2 unspecified atom stereocenters. The molecule has 0 radical (unpaired) electrons. The zero-order valence-corrected chi connectivity index (χ0v) is 13.8. The molecule has 1 N–H and O–H groups in total. The van der Waals surface area contributed by atoms with Crippen LogP contribution in [0.2, 0.25) is 0 Å². The number of nitrogens with zero attached hydrogens (tertiary/aromatic N) is 1. The molecule has 21 heavy (non-hydrogen) atoms. The fraction of sp³-hybridized carbons (Fsp3) is 0.529. The Hall–Kier alpha value is -0.970. The highest BCUT2D eigenvalue weighted by atomic mass is 32.1. The smallest absolute Gasteiger partial charge is 0.132 e. The Morgan fingerprint density at radius 1 is 1.43 bits per heavy atom. The maximum Gasteiger partial charge on any atom is 0.132 e. The van der Waals surface area contributed by atoms with Crippen LogP contribution in [0.25, 0.3) is 10.1 Å². The highest BCUT2D eigenvalue weighted by Crippen LogP contribution is 2.39. The molecular weight excluding hydrogens is 283 g/mol. The zero-order valence-electron chi connectivity index (χ0n) is 12.9. The second kappa shape index (κ2) is 6.03. The van der Waals surface area contributed by atoms with Gasteiger partial charge >= 0.3 is 0 Å². The van der Waals surface area contributed by atoms with Gasteiger partial charge in [0.2, 0.25) is 0 Å². The van der Waals surface area contributed by atoms with Crippen LogP contribution in [0.15, 0.2) is 18.2 Å². The third-order valence-electron chi connectivity index (χ3n) is 4.43. The van der Waals surface area contributed by atoms with Gasteiger partial charge in [0.25, 0.3) is 0 Å². The van der Waals surface area contributed by atoms with Gasteiger partial charge in [-0.05, 0) is 50.0 Å². The average molecular weight is 306 g/mol. The summed E-state index contributed by atoms with van der Waals surface area (Å²) in [7, 11) is 4.10. The van der Waals surface area contributed by atoms with Gasteiger partial charge in [0.05, 0.1) is 0 Å². The van der Waals surface area contributed by atoms with Gasteiger partial charge in [-0.2, -0.15) is 0 Å². The fourth-order valence-corrected chi connectivity index (χ4v) is 4.32. The first-order valence-electron chi connectivity index (χ1n) is 7.62. The molecule has 1 aliphatic carbocycles. The van der Waals surface area contributed by atoms with E-state index < -0.39 is 0 Å². The summed E-state index contributed by atoms with van der Waals surface area (Å²) in [4.78, 5) is 3.61. The topological polar surface area (TPSA) is 15.3 Å². The summed E-state index contributed by atoms with van der Waals surface area (Å²) in [5, 5.41) is 4.03. The van der Waals surface area contributed by atoms with Gasteiger partial charge < -0.3 is 10.2 Å². The molecule has 3 rings (SSSR count). The summed E-state index contributed by atoms with van der Waals surface area (Å²) in [6.45, 7) is 5.07. The first-order chi connectivity index (χ1) is 10.1. The van der Waals surface area contributed by atoms with Gasteiger partial charge in [0, 0.05) is 34.6 Å². The number of nitrogens with one attached hydrogen (secondary N) is 1. The van der Waals surface area contributed by atoms with Crippen LogP contribution in [0.5, 0.6) is 0 Å². The van der Waals surface area contributed by atoms with Gasteiger partial charge in [0.1, 0.15) is 5.82 Å². The Balaban J connectivity index is 1.89. The van der Waals surface area contributed by atoms with Crippen LogP contribution >= 0.6 is 11.3 Å². The van der Waals surface area contributed by atoms with Crippen molar-refractivity contribution < 1.29 is 4.39 Å². The predicted molar refractivity (Wildman–Crippen MR) is 88.2 cm³/mol. The van der Waals surface area contributed by atoms with E-state index in [0.717, 1.165) is 41.6 Å². The Bertz CT molecular complexity index is 637. The van der Waals surface area contributed by atoms with E-state index in [1.165, 1.54) is 16.9 Å². The molecule has 0 aliphatic heterocycles. The lowest BCUT2D eigenvalue weighted by atomic mass is 10.1. The van der Waals surface area contributed by atoms with Crippen molar-refractivity contribution in [2.24, 2.45) is 11.8 Å². The molecule has 0 spiro atoms. The largest absolute Gasteiger partial charge is 0.315 e. The molecule has 2 aromatic rings. The highest BCUT2D eigenvalue weighted by Gasteiger charge is 2.33. The van der Waals surface area contributed by atoms with E-state index in [4.69, 9.17) is 0 Å². The molecule has 1 heterocycles. The molecule has 1 aliphatic rings. The minimum Gasteiger partial charge on any atom is -0.315 e. The first-order valence-corrected chi connectivity index (χ1v) is 8.43. The second-order valence-electron chi connectivity index (χ2n) is 6.32. The third kappa shape index (κ3) is 3.12. The van der Waals surface area contributed by atoms with Crippen LogP contribution in [0.4, 0.5) is 4.39 Å². The van der Waals surface area contributed by atoms with E-state index in [0.29, 0.717) is 0 Å². The van der Waals surface area contributed by atoms with Crippen molar-refractivity contribution in [1.29, 1.82) is 0 Å². The monoisotopic (exact) mass is 306 g/mol. The Morgan fingerprint density at radius 2 is 2.19 bits per heavy atom. The molecule has 0 amide bonds. The van der Waals surface area contributed by atoms with E-state index in [1.807, 2.05) is 13.1 Å². The van der Waals surface area contributed by atoms with Gasteiger partial charge in [-0.15, -0.1) is 11.3 Å². The van der Waals surface area contributed by atoms with Crippen LogP contribution in [0.3, 0.4) is 0 Å². The molecule has 1 aromatic heterocycles. The fourth-order valence-electron chi connectivity index (χ4n) is 3.07. The van der Waals surface area contributed by atoms with Gasteiger partial charge in [-0.3, -0.25) is 0 Å². The molecule has 2 atom stereocenters. The third-order valence-corrected chi connectivity index (χ3v) is 5.63. The normalized spacial score (nSPS) is 21.4. The highest BCUT2D eigenvalue weighted by molar-refractivity contribution is 7.19. The predicted octanol–water partition coefficient (Wildman–Crippen LogP) is 3.85. The molecule has 0 saturated heterocycles. The van der Waals surface area contributed by atoms with Crippen molar-refractivity contribution >= 4 is 21.4 Å². The van der Waals surface area contributed by atoms with Gasteiger partial charge in [-0.25, -0.2) is 4.39 Å². The summed E-state index contributed by atoms with van der Waals surface area (Å²) >= 11 is 1.71. The summed E-state index contributed by atoms with van der Waals surface area (Å²) in [5.41, 5.74) is 1.17. The van der Waals surface area contributed by atoms with E-state index in [9.17, 15) is 4.39 Å². The lowest BCUT2D eigenvalue weighted by Crippen LogP contribution is -2.22. The van der Waals surface area contributed by atoms with E-state index >= 15 is 0 Å². The van der Waals surface area contributed by atoms with Crippen LogP contribution < -0.4 is 5.32 Å². The van der Waals surface area contributed by atoms with Crippen molar-refractivity contribution in [3.63, 3.8) is 0 Å². The van der Waals surface area contributed by atoms with Crippen molar-refractivity contribution in [2.45, 2.75) is 26.4 Å². The molecule has 1 aromatic carbocycles. The number of fused-ring (bicyclic) bond motifs is 1. The van der Waals surface area contributed by atoms with E-state index in [1.54, 1.807) is 23.5 Å². The number of thiophene rings is 1. The lowest BCUT2D eigenvalue weighted by Gasteiger charge is -2.17. The van der Waals surface area contributed by atoms with Crippen LogP contribution in [0.1, 0.15) is 23.8 Å². The average Bonchev–Trinajstić information content (AvgIpc) is 2.99. The van der Waals surface area contributed by atoms with Crippen molar-refractivity contribution in [3.8, 4) is 0 Å². The van der Waals surface area contributed by atoms with E-state index in [-0.39, 0.29) is 5.82 Å². The van der Waals surface area contributed by atoms with Crippen LogP contribution in [-0.4, -0.2) is 25.5 Å². The number of hydrogen-bond donors (Lipinski definition) is 1. The molecule has 114 valence electrons. The quantitative estimate of drug-likeness (QED) is 0.872. The Kier molecular flexibility index (Phi) is 4.29. The number of hydrogen-bond acceptors (Lipinski definition) is 3. The molecule has 1 saturated carbocycles. The standard InChI is InChI=1S/C17H23FN2S/c1-11-7-12(11)9-20(3)10-13-16(8-19-2)21-15-6-4-5-14(18)17(13)15/h4-6,11-12,19H,7-10H2,1-3H3. The van der Waals surface area contributed by atoms with Gasteiger partial charge in [-0.1, -0.05) is 13.0 Å². The molecule has 1 fully saturated rings. The van der Waals surface area contributed by atoms with Crippen molar-refractivity contribution in [1.82, 2.24) is 10.2 Å². The minimum absolute atomic E-state index is 0.0886. The van der Waals surface area contributed by atoms with Gasteiger partial charge in [0.15, 0.2) is 0 Å². The SMILES string of the molecule is CNCc1sc2cccc(F)c2c1CN(C)CC1CC1C. The Morgan fingerprint density at radius 3 is 2.86 bits per heavy atom. The first kappa shape index (κ1) is 14.9. The van der Waals surface area contributed by atoms with E-state index in [2.05, 4.69) is 24.2 Å². The minimum atomic E-state index is -0.0886. The van der Waals surface area contributed by atoms with Crippen LogP contribution in [0, 0.1) is 17.7 Å². The molecule has 4 heteroatoms. The summed E-state index contributed by atoms with van der Waals surface area (Å²) in [6.07, 6.45) is 1.34. The zero-order chi connectivity index (χ0) is 15.0. The molecule has 0 bridgehead atoms. The summed E-state index contributed by atoms with van der Waals surface area (Å²) in [5.74, 6) is 1.60. The maximum absolute atomic E-state index is 14.3. The number of benzene rings is 1. The maximum atomic E-state index is 14.3. The molecular formula is C17H23FN2S. The van der Waals surface area contributed by atoms with Crippen molar-refractivity contribution in [3.05, 3.63) is 34.5 Å². The lowest BCUT2D eigenvalue weighted by molar-refractivity contribution is 0.308. The van der Waals surface area contributed by atoms with Crippen molar-refractivity contribution in [2.75, 3.05) is 20.6 Å². The van der Waals surface area contributed by atoms with Crippen LogP contribution in [-0.2, 0) is 13.1 Å². The summed E-state index contributed by atoms with van der Waals surface area (Å²) in [6, 6.07) is 5.40. The number of halogens is 1. The number of rotatable bonds is 6. The summed E-state index contributed by atoms with van der Waals surface area (Å²) < 4.78 is 15.3. The molecule has 2 nitrogen and oxygen atoms in total. The Labute approximate surface area is 130 Å². The second-order valence-corrected chi connectivity index (χ2v) is 7.45.